The Morgan fingerprint density at radius 1 is 1.20 bits per heavy atom. The van der Waals surface area contributed by atoms with Crippen LogP contribution in [0.5, 0.6) is 0 Å². The Morgan fingerprint density at radius 2 is 1.77 bits per heavy atom. The van der Waals surface area contributed by atoms with E-state index in [1.54, 1.807) is 26.8 Å². The van der Waals surface area contributed by atoms with E-state index in [9.17, 15) is 9.90 Å². The standard InChI is InChI=1S/C16H20N6O2.C6H14/c1-5-7(2)12(8(3)9(4)23)22-13(17)11(14(18)24)10-6-20-16(19)21-15(10)22;1-3-5-6-4-2/h5-6,23H,1,17H2,2-4H3,(H2,18,24)(H2,19,20,21);3-6H2,1-2H3/b9-8+,12-7+;. The highest BCUT2D eigenvalue weighted by Gasteiger charge is 2.24. The molecular weight excluding hydrogens is 380 g/mol. The molecule has 2 aromatic heterocycles. The van der Waals surface area contributed by atoms with Crippen molar-refractivity contribution in [3.63, 3.8) is 0 Å². The Bertz CT molecular complexity index is 977. The largest absolute Gasteiger partial charge is 0.512 e. The number of nitrogen functional groups attached to an aromatic ring is 2. The van der Waals surface area contributed by atoms with Gasteiger partial charge in [-0.2, -0.15) is 4.98 Å². The molecule has 0 aliphatic rings. The quantitative estimate of drug-likeness (QED) is 0.297. The van der Waals surface area contributed by atoms with Crippen molar-refractivity contribution >= 4 is 34.4 Å². The first-order valence-corrected chi connectivity index (χ1v) is 10.0. The van der Waals surface area contributed by atoms with Gasteiger partial charge in [0.05, 0.1) is 22.4 Å². The lowest BCUT2D eigenvalue weighted by molar-refractivity contribution is 0.100. The molecule has 1 amide bonds. The number of carbonyl (C=O) groups excluding carboxylic acids is 1. The second-order valence-electron chi connectivity index (χ2n) is 7.08. The maximum absolute atomic E-state index is 11.8. The number of hydrogen-bond donors (Lipinski definition) is 4. The molecule has 0 spiro atoms. The van der Waals surface area contributed by atoms with Gasteiger partial charge in [0.25, 0.3) is 5.91 Å². The zero-order valence-corrected chi connectivity index (χ0v) is 18.6. The molecule has 0 saturated carbocycles. The van der Waals surface area contributed by atoms with Gasteiger partial charge in [0, 0.05) is 11.8 Å². The maximum atomic E-state index is 11.8. The highest BCUT2D eigenvalue weighted by molar-refractivity contribution is 6.11. The van der Waals surface area contributed by atoms with Crippen molar-refractivity contribution in [2.24, 2.45) is 5.73 Å². The molecule has 0 aliphatic heterocycles. The van der Waals surface area contributed by atoms with E-state index in [0.29, 0.717) is 22.3 Å². The van der Waals surface area contributed by atoms with Crippen molar-refractivity contribution < 1.29 is 9.90 Å². The number of aromatic nitrogens is 3. The summed E-state index contributed by atoms with van der Waals surface area (Å²) in [6, 6.07) is 0. The van der Waals surface area contributed by atoms with Gasteiger partial charge in [0.15, 0.2) is 5.65 Å². The molecule has 164 valence electrons. The van der Waals surface area contributed by atoms with E-state index in [4.69, 9.17) is 17.2 Å². The summed E-state index contributed by atoms with van der Waals surface area (Å²) in [5.41, 5.74) is 19.6. The molecule has 0 radical (unpaired) electrons. The van der Waals surface area contributed by atoms with E-state index in [0.717, 1.165) is 5.57 Å². The van der Waals surface area contributed by atoms with Crippen molar-refractivity contribution in [2.75, 3.05) is 11.5 Å². The van der Waals surface area contributed by atoms with Gasteiger partial charge in [-0.05, 0) is 26.3 Å². The molecule has 0 fully saturated rings. The van der Waals surface area contributed by atoms with Gasteiger partial charge in [-0.25, -0.2) is 4.98 Å². The summed E-state index contributed by atoms with van der Waals surface area (Å²) in [7, 11) is 0. The number of hydrogen-bond acceptors (Lipinski definition) is 6. The third-order valence-corrected chi connectivity index (χ3v) is 4.77. The summed E-state index contributed by atoms with van der Waals surface area (Å²) in [5.74, 6) is -0.498. The van der Waals surface area contributed by atoms with Crippen LogP contribution in [0, 0.1) is 0 Å². The van der Waals surface area contributed by atoms with E-state index < -0.39 is 5.91 Å². The Kier molecular flexibility index (Phi) is 9.11. The van der Waals surface area contributed by atoms with Crippen LogP contribution >= 0.6 is 0 Å². The molecule has 0 aromatic carbocycles. The fourth-order valence-corrected chi connectivity index (χ4v) is 2.99. The van der Waals surface area contributed by atoms with Crippen LogP contribution in [-0.4, -0.2) is 25.5 Å². The predicted octanol–water partition coefficient (Wildman–Crippen LogP) is 4.55. The van der Waals surface area contributed by atoms with E-state index in [2.05, 4.69) is 30.4 Å². The lowest BCUT2D eigenvalue weighted by atomic mass is 10.1. The fourth-order valence-electron chi connectivity index (χ4n) is 2.99. The summed E-state index contributed by atoms with van der Waals surface area (Å²) in [5, 5.41) is 10.3. The van der Waals surface area contributed by atoms with E-state index in [1.807, 2.05) is 0 Å². The number of nitrogens with zero attached hydrogens (tertiary/aromatic N) is 3. The van der Waals surface area contributed by atoms with Crippen molar-refractivity contribution in [1.29, 1.82) is 0 Å². The highest BCUT2D eigenvalue weighted by Crippen LogP contribution is 2.34. The minimum Gasteiger partial charge on any atom is -0.512 e. The van der Waals surface area contributed by atoms with Gasteiger partial charge in [-0.15, -0.1) is 0 Å². The van der Waals surface area contributed by atoms with Gasteiger partial charge >= 0.3 is 0 Å². The topological polar surface area (TPSA) is 146 Å². The van der Waals surface area contributed by atoms with Crippen LogP contribution in [0.25, 0.3) is 16.7 Å². The van der Waals surface area contributed by atoms with Crippen LogP contribution in [0.15, 0.2) is 35.8 Å². The van der Waals surface area contributed by atoms with Crippen LogP contribution in [0.4, 0.5) is 11.8 Å². The molecule has 0 bridgehead atoms. The minimum absolute atomic E-state index is 0.0234. The Balaban J connectivity index is 0.000000656. The second-order valence-corrected chi connectivity index (χ2v) is 7.08. The second kappa shape index (κ2) is 11.0. The van der Waals surface area contributed by atoms with E-state index >= 15 is 0 Å². The van der Waals surface area contributed by atoms with Crippen molar-refractivity contribution in [2.45, 2.75) is 60.3 Å². The average Bonchev–Trinajstić information content (AvgIpc) is 2.98. The summed E-state index contributed by atoms with van der Waals surface area (Å²) in [6.07, 6.45) is 8.55. The molecule has 2 rings (SSSR count). The molecule has 7 N–H and O–H groups in total. The SMILES string of the molecule is C=C/C(C)=C(\C(C)=C(/C)O)n1c(N)c(C(N)=O)c2cnc(N)nc21.CCCCCC. The molecule has 8 nitrogen and oxygen atoms in total. The molecule has 0 unspecified atom stereocenters. The van der Waals surface area contributed by atoms with Crippen molar-refractivity contribution in [3.05, 3.63) is 41.3 Å². The molecule has 8 heteroatoms. The lowest BCUT2D eigenvalue weighted by Crippen LogP contribution is -2.14. The molecule has 2 heterocycles. The first-order valence-electron chi connectivity index (χ1n) is 10.0. The number of unbranched alkanes of at least 4 members (excludes halogenated alkanes) is 3. The number of amides is 1. The number of carbonyl (C=O) groups is 1. The number of anilines is 2. The predicted molar refractivity (Wildman–Crippen MR) is 125 cm³/mol. The Morgan fingerprint density at radius 3 is 2.20 bits per heavy atom. The average molecular weight is 415 g/mol. The normalized spacial score (nSPS) is 12.6. The van der Waals surface area contributed by atoms with Crippen LogP contribution in [0.1, 0.15) is 70.7 Å². The third kappa shape index (κ3) is 5.40. The van der Waals surface area contributed by atoms with E-state index in [1.165, 1.54) is 36.4 Å². The Labute approximate surface area is 178 Å². The van der Waals surface area contributed by atoms with Gasteiger partial charge in [0.1, 0.15) is 5.82 Å². The first kappa shape index (κ1) is 24.7. The Hall–Kier alpha value is -3.29. The maximum Gasteiger partial charge on any atom is 0.253 e. The zero-order chi connectivity index (χ0) is 23.0. The summed E-state index contributed by atoms with van der Waals surface area (Å²) < 4.78 is 1.53. The van der Waals surface area contributed by atoms with Gasteiger partial charge in [-0.3, -0.25) is 9.36 Å². The van der Waals surface area contributed by atoms with Crippen LogP contribution in [0.2, 0.25) is 0 Å². The monoisotopic (exact) mass is 414 g/mol. The molecule has 0 atom stereocenters. The van der Waals surface area contributed by atoms with Crippen LogP contribution < -0.4 is 17.2 Å². The summed E-state index contributed by atoms with van der Waals surface area (Å²) in [6.45, 7) is 13.3. The van der Waals surface area contributed by atoms with E-state index in [-0.39, 0.29) is 23.1 Å². The fraction of sp³-hybridized carbons (Fsp3) is 0.409. The number of fused-ring (bicyclic) bond motifs is 1. The molecule has 0 aliphatic carbocycles. The third-order valence-electron chi connectivity index (χ3n) is 4.77. The minimum atomic E-state index is -0.706. The molecule has 0 saturated heterocycles. The van der Waals surface area contributed by atoms with Crippen molar-refractivity contribution in [3.8, 4) is 0 Å². The number of nitrogens with two attached hydrogens (primary N) is 3. The molecule has 2 aromatic rings. The summed E-state index contributed by atoms with van der Waals surface area (Å²) in [4.78, 5) is 19.9. The summed E-state index contributed by atoms with van der Waals surface area (Å²) >= 11 is 0. The van der Waals surface area contributed by atoms with Gasteiger partial charge in [-0.1, -0.05) is 52.2 Å². The number of rotatable bonds is 7. The number of allylic oxidation sites excluding steroid dienone is 5. The number of aliphatic hydroxyl groups is 1. The first-order chi connectivity index (χ1) is 14.1. The highest BCUT2D eigenvalue weighted by atomic mass is 16.3. The van der Waals surface area contributed by atoms with Crippen LogP contribution in [0.3, 0.4) is 0 Å². The molecule has 30 heavy (non-hydrogen) atoms. The van der Waals surface area contributed by atoms with Gasteiger partial charge < -0.3 is 22.3 Å². The number of aliphatic hydroxyl groups excluding tert-OH is 1. The number of primary amides is 1. The molecular formula is C22H34N6O2. The zero-order valence-electron chi connectivity index (χ0n) is 18.6. The van der Waals surface area contributed by atoms with Crippen LogP contribution in [-0.2, 0) is 0 Å². The van der Waals surface area contributed by atoms with Crippen molar-refractivity contribution in [1.82, 2.24) is 14.5 Å². The smallest absolute Gasteiger partial charge is 0.253 e. The lowest BCUT2D eigenvalue weighted by Gasteiger charge is -2.16. The van der Waals surface area contributed by atoms with Gasteiger partial charge in [0.2, 0.25) is 5.95 Å².